The summed E-state index contributed by atoms with van der Waals surface area (Å²) in [5.74, 6) is 0.502. The average molecular weight is 504 g/mol. The van der Waals surface area contributed by atoms with Crippen molar-refractivity contribution in [3.05, 3.63) is 65.9 Å². The molecule has 0 aliphatic carbocycles. The second kappa shape index (κ2) is 10.8. The summed E-state index contributed by atoms with van der Waals surface area (Å²) in [5.41, 5.74) is 11.2. The number of aromatic nitrogens is 3. The first-order valence-electron chi connectivity index (χ1n) is 12.7. The Balaban J connectivity index is 1.31. The van der Waals surface area contributed by atoms with Crippen LogP contribution in [0.3, 0.4) is 0 Å². The van der Waals surface area contributed by atoms with E-state index >= 15 is 0 Å². The van der Waals surface area contributed by atoms with Crippen LogP contribution in [0.2, 0.25) is 0 Å². The number of aliphatic imine (C=N–C) groups is 1. The first kappa shape index (κ1) is 25.1. The summed E-state index contributed by atoms with van der Waals surface area (Å²) in [7, 11) is 1.97. The molecule has 9 heteroatoms. The lowest BCUT2D eigenvalue weighted by molar-refractivity contribution is -0.661. The van der Waals surface area contributed by atoms with E-state index in [9.17, 15) is 14.3 Å². The number of benzene rings is 1. The van der Waals surface area contributed by atoms with E-state index in [2.05, 4.69) is 9.88 Å². The van der Waals surface area contributed by atoms with Crippen LogP contribution < -0.4 is 15.2 Å². The topological polar surface area (TPSA) is 109 Å². The van der Waals surface area contributed by atoms with Crippen LogP contribution >= 0.6 is 0 Å². The third-order valence-electron chi connectivity index (χ3n) is 7.51. The van der Waals surface area contributed by atoms with Crippen LogP contribution in [0, 0.1) is 17.7 Å². The van der Waals surface area contributed by atoms with E-state index in [1.54, 1.807) is 6.07 Å². The predicted molar refractivity (Wildman–Crippen MR) is 139 cm³/mol. The van der Waals surface area contributed by atoms with Gasteiger partial charge in [-0.05, 0) is 67.5 Å². The fourth-order valence-electron chi connectivity index (χ4n) is 5.30. The molecule has 1 aromatic carbocycles. The second-order valence-electron chi connectivity index (χ2n) is 9.90. The molecule has 37 heavy (non-hydrogen) atoms. The Labute approximate surface area is 215 Å². The molecule has 0 amide bonds. The van der Waals surface area contributed by atoms with Crippen molar-refractivity contribution in [2.24, 2.45) is 29.6 Å². The number of rotatable bonds is 6. The van der Waals surface area contributed by atoms with Gasteiger partial charge in [0.2, 0.25) is 0 Å². The van der Waals surface area contributed by atoms with Crippen molar-refractivity contribution in [2.75, 3.05) is 24.6 Å². The molecule has 3 aromatic rings. The summed E-state index contributed by atoms with van der Waals surface area (Å²) in [6, 6.07) is 8.28. The number of aldehydes is 1. The number of aliphatic hydroxyl groups is 1. The first-order chi connectivity index (χ1) is 18.0. The van der Waals surface area contributed by atoms with Crippen molar-refractivity contribution in [1.82, 2.24) is 9.97 Å². The molecule has 192 valence electrons. The summed E-state index contributed by atoms with van der Waals surface area (Å²) in [6.07, 6.45) is 9.62. The van der Waals surface area contributed by atoms with Gasteiger partial charge in [-0.3, -0.25) is 14.9 Å². The van der Waals surface area contributed by atoms with Gasteiger partial charge in [0.15, 0.2) is 0 Å². The Hall–Kier alpha value is -3.56. The van der Waals surface area contributed by atoms with Crippen molar-refractivity contribution in [2.45, 2.75) is 31.7 Å². The van der Waals surface area contributed by atoms with Crippen LogP contribution in [0.5, 0.6) is 0 Å². The van der Waals surface area contributed by atoms with Crippen LogP contribution in [0.25, 0.3) is 11.3 Å². The van der Waals surface area contributed by atoms with Crippen molar-refractivity contribution in [3.8, 4) is 11.3 Å². The zero-order valence-corrected chi connectivity index (χ0v) is 20.9. The van der Waals surface area contributed by atoms with E-state index in [-0.39, 0.29) is 30.3 Å². The van der Waals surface area contributed by atoms with E-state index in [0.29, 0.717) is 18.5 Å². The number of aryl methyl sites for hydroxylation is 1. The van der Waals surface area contributed by atoms with Crippen LogP contribution in [0.4, 0.5) is 16.0 Å². The molecule has 2 aliphatic rings. The number of carbonyl (C=O) groups excluding carboxylic acids is 1. The number of hydrogen-bond donors (Lipinski definition) is 2. The van der Waals surface area contributed by atoms with Crippen LogP contribution in [0.15, 0.2) is 53.9 Å². The van der Waals surface area contributed by atoms with E-state index < -0.39 is 0 Å². The van der Waals surface area contributed by atoms with E-state index in [0.717, 1.165) is 66.3 Å². The fraction of sp³-hybridized carbons (Fsp3) is 0.393. The highest BCUT2D eigenvalue weighted by Crippen LogP contribution is 2.33. The van der Waals surface area contributed by atoms with E-state index in [1.807, 2.05) is 42.3 Å². The van der Waals surface area contributed by atoms with Crippen molar-refractivity contribution >= 4 is 23.6 Å². The number of carbonyl (C=O) groups is 1. The van der Waals surface area contributed by atoms with Gasteiger partial charge in [-0.2, -0.15) is 0 Å². The van der Waals surface area contributed by atoms with Gasteiger partial charge in [0.1, 0.15) is 18.3 Å². The lowest BCUT2D eigenvalue weighted by atomic mass is 9.86. The highest BCUT2D eigenvalue weighted by molar-refractivity contribution is 6.02. The summed E-state index contributed by atoms with van der Waals surface area (Å²) in [5, 5.41) is 9.42. The second-order valence-corrected chi connectivity index (χ2v) is 9.90. The SMILES string of the molecule is C[n+]1cc(-c2ccc(C3=Nc4ccc(F)cc4C(N)CC3)cn2)cnc1N1CCC(C(C=O)CO)CC1. The monoisotopic (exact) mass is 503 g/mol. The fourth-order valence-corrected chi connectivity index (χ4v) is 5.30. The van der Waals surface area contributed by atoms with Crippen molar-refractivity contribution in [1.29, 1.82) is 0 Å². The molecule has 0 radical (unpaired) electrons. The Kier molecular flexibility index (Phi) is 7.34. The normalized spacial score (nSPS) is 19.1. The molecule has 0 bridgehead atoms. The maximum atomic E-state index is 13.7. The Morgan fingerprint density at radius 2 is 1.95 bits per heavy atom. The zero-order chi connectivity index (χ0) is 25.9. The molecular formula is C28H32FN6O2+. The minimum absolute atomic E-state index is 0.0885. The lowest BCUT2D eigenvalue weighted by Gasteiger charge is -2.30. The van der Waals surface area contributed by atoms with Gasteiger partial charge in [-0.1, -0.05) is 4.98 Å². The molecule has 1 saturated heterocycles. The molecule has 0 saturated carbocycles. The molecule has 3 N–H and O–H groups in total. The number of halogens is 1. The Morgan fingerprint density at radius 1 is 1.16 bits per heavy atom. The number of aliphatic hydroxyl groups excluding tert-OH is 1. The molecule has 4 heterocycles. The number of nitrogens with zero attached hydrogens (tertiary/aromatic N) is 5. The van der Waals surface area contributed by atoms with Gasteiger partial charge < -0.3 is 15.6 Å². The molecule has 5 rings (SSSR count). The van der Waals surface area contributed by atoms with Crippen molar-refractivity contribution in [3.63, 3.8) is 0 Å². The molecule has 0 spiro atoms. The zero-order valence-electron chi connectivity index (χ0n) is 20.9. The average Bonchev–Trinajstić information content (AvgIpc) is 3.08. The van der Waals surface area contributed by atoms with Gasteiger partial charge in [0.25, 0.3) is 0 Å². The van der Waals surface area contributed by atoms with Gasteiger partial charge in [0.05, 0.1) is 49.9 Å². The standard InChI is InChI=1S/C28H32FN6O2/c1-34-15-20(14-32-28(34)35-10-8-18(9-11-35)21(16-36)17-37)25-5-2-19(13-31-25)26-7-4-24(30)23-12-22(29)3-6-27(23)33-26/h2-3,5-6,12-16,18,21,24,37H,4,7-11,17,30H2,1H3/q+1. The number of fused-ring (bicyclic) bond motifs is 1. The third-order valence-corrected chi connectivity index (χ3v) is 7.51. The molecule has 8 nitrogen and oxygen atoms in total. The molecule has 2 unspecified atom stereocenters. The number of piperidine rings is 1. The highest BCUT2D eigenvalue weighted by Gasteiger charge is 2.31. The van der Waals surface area contributed by atoms with Gasteiger partial charge >= 0.3 is 5.95 Å². The minimum Gasteiger partial charge on any atom is -0.396 e. The minimum atomic E-state index is -0.302. The summed E-state index contributed by atoms with van der Waals surface area (Å²) in [6.45, 7) is 1.50. The molecule has 1 fully saturated rings. The van der Waals surface area contributed by atoms with Gasteiger partial charge in [-0.25, -0.2) is 8.96 Å². The number of nitrogens with two attached hydrogens (primary N) is 1. The maximum Gasteiger partial charge on any atom is 0.393 e. The van der Waals surface area contributed by atoms with Crippen molar-refractivity contribution < 1.29 is 18.9 Å². The number of pyridine rings is 1. The van der Waals surface area contributed by atoms with Crippen LogP contribution in [-0.4, -0.2) is 46.8 Å². The Morgan fingerprint density at radius 3 is 2.62 bits per heavy atom. The van der Waals surface area contributed by atoms with Gasteiger partial charge in [0, 0.05) is 29.4 Å². The summed E-state index contributed by atoms with van der Waals surface area (Å²) < 4.78 is 15.7. The Bertz CT molecular complexity index is 1300. The highest BCUT2D eigenvalue weighted by atomic mass is 19.1. The third kappa shape index (κ3) is 5.28. The lowest BCUT2D eigenvalue weighted by Crippen LogP contribution is -2.45. The van der Waals surface area contributed by atoms with Gasteiger partial charge in [-0.15, -0.1) is 0 Å². The summed E-state index contributed by atoms with van der Waals surface area (Å²) >= 11 is 0. The number of anilines is 1. The molecule has 2 aliphatic heterocycles. The predicted octanol–water partition coefficient (Wildman–Crippen LogP) is 3.05. The number of hydrogen-bond acceptors (Lipinski definition) is 7. The summed E-state index contributed by atoms with van der Waals surface area (Å²) in [4.78, 5) is 27.6. The van der Waals surface area contributed by atoms with Crippen LogP contribution in [0.1, 0.15) is 42.9 Å². The smallest absolute Gasteiger partial charge is 0.393 e. The largest absolute Gasteiger partial charge is 0.396 e. The van der Waals surface area contributed by atoms with Crippen LogP contribution in [-0.2, 0) is 11.8 Å². The molecule has 2 aromatic heterocycles. The molecule has 2 atom stereocenters. The first-order valence-corrected chi connectivity index (χ1v) is 12.7. The van der Waals surface area contributed by atoms with E-state index in [1.165, 1.54) is 12.1 Å². The van der Waals surface area contributed by atoms with E-state index in [4.69, 9.17) is 15.7 Å². The maximum absolute atomic E-state index is 13.7. The molecular weight excluding hydrogens is 471 g/mol. The quantitative estimate of drug-likeness (QED) is 0.395.